The Bertz CT molecular complexity index is 599. The van der Waals surface area contributed by atoms with Gasteiger partial charge in [0.05, 0.1) is 25.3 Å². The molecule has 118 valence electrons. The van der Waals surface area contributed by atoms with E-state index in [1.165, 1.54) is 18.4 Å². The Balaban J connectivity index is 1.90. The number of hydrogen-bond donors (Lipinski definition) is 0. The van der Waals surface area contributed by atoms with Crippen molar-refractivity contribution in [1.29, 1.82) is 0 Å². The van der Waals surface area contributed by atoms with Crippen molar-refractivity contribution in [3.63, 3.8) is 0 Å². The van der Waals surface area contributed by atoms with E-state index >= 15 is 0 Å². The molecule has 0 aromatic heterocycles. The van der Waals surface area contributed by atoms with Gasteiger partial charge in [0.25, 0.3) is 5.91 Å². The summed E-state index contributed by atoms with van der Waals surface area (Å²) < 4.78 is 5.27. The van der Waals surface area contributed by atoms with Crippen LogP contribution < -0.4 is 9.64 Å². The Morgan fingerprint density at radius 3 is 2.59 bits per heavy atom. The predicted octanol–water partition coefficient (Wildman–Crippen LogP) is 2.47. The van der Waals surface area contributed by atoms with Crippen molar-refractivity contribution < 1.29 is 14.3 Å². The molecule has 1 aromatic rings. The zero-order valence-electron chi connectivity index (χ0n) is 12.5. The number of nitrogens with zero attached hydrogens (tertiary/aromatic N) is 2. The molecule has 22 heavy (non-hydrogen) atoms. The Morgan fingerprint density at radius 1 is 1.18 bits per heavy atom. The molecule has 0 unspecified atom stereocenters. The van der Waals surface area contributed by atoms with E-state index in [0.717, 1.165) is 25.9 Å². The third kappa shape index (κ3) is 2.71. The smallest absolute Gasteiger partial charge is 0.251 e. The fourth-order valence-corrected chi connectivity index (χ4v) is 3.39. The minimum absolute atomic E-state index is 0.174. The molecule has 0 saturated carbocycles. The second-order valence-corrected chi connectivity index (χ2v) is 6.14. The van der Waals surface area contributed by atoms with E-state index in [9.17, 15) is 9.59 Å². The number of ether oxygens (including phenoxy) is 1. The van der Waals surface area contributed by atoms with Gasteiger partial charge in [-0.3, -0.25) is 14.5 Å². The topological polar surface area (TPSA) is 49.9 Å². The summed E-state index contributed by atoms with van der Waals surface area (Å²) in [4.78, 5) is 28.5. The van der Waals surface area contributed by atoms with Gasteiger partial charge in [-0.15, -0.1) is 0 Å². The number of likely N-dealkylation sites (tertiary alicyclic amines) is 1. The van der Waals surface area contributed by atoms with Gasteiger partial charge in [0.15, 0.2) is 0 Å². The van der Waals surface area contributed by atoms with Crippen LogP contribution >= 0.6 is 11.6 Å². The molecule has 3 rings (SSSR count). The first-order valence-corrected chi connectivity index (χ1v) is 7.94. The number of carbonyl (C=O) groups is 2. The lowest BCUT2D eigenvalue weighted by Gasteiger charge is -2.30. The van der Waals surface area contributed by atoms with Gasteiger partial charge in [0, 0.05) is 5.02 Å². The van der Waals surface area contributed by atoms with Crippen molar-refractivity contribution in [2.75, 3.05) is 25.1 Å². The number of rotatable bonds is 3. The van der Waals surface area contributed by atoms with Crippen LogP contribution in [0.15, 0.2) is 18.2 Å². The molecular weight excluding hydrogens is 304 g/mol. The van der Waals surface area contributed by atoms with Gasteiger partial charge in [0.2, 0.25) is 5.91 Å². The zero-order valence-corrected chi connectivity index (χ0v) is 13.3. The van der Waals surface area contributed by atoms with Crippen LogP contribution in [-0.2, 0) is 9.59 Å². The summed E-state index contributed by atoms with van der Waals surface area (Å²) in [6, 6.07) is 4.61. The number of carbonyl (C=O) groups excluding carboxylic acids is 2. The number of anilines is 1. The van der Waals surface area contributed by atoms with Crippen LogP contribution in [0.1, 0.15) is 25.7 Å². The molecular formula is C16H19ClN2O3. The van der Waals surface area contributed by atoms with Gasteiger partial charge in [-0.05, 0) is 44.1 Å². The predicted molar refractivity (Wildman–Crippen MR) is 84.3 cm³/mol. The third-order valence-electron chi connectivity index (χ3n) is 4.34. The average Bonchev–Trinajstić information content (AvgIpc) is 2.83. The van der Waals surface area contributed by atoms with E-state index in [-0.39, 0.29) is 24.3 Å². The molecule has 2 amide bonds. The average molecular weight is 323 g/mol. The Morgan fingerprint density at radius 2 is 1.91 bits per heavy atom. The van der Waals surface area contributed by atoms with Crippen LogP contribution in [0.25, 0.3) is 0 Å². The fourth-order valence-electron chi connectivity index (χ4n) is 3.22. The second kappa shape index (κ2) is 6.26. The molecule has 1 atom stereocenters. The second-order valence-electron chi connectivity index (χ2n) is 5.70. The van der Waals surface area contributed by atoms with Crippen molar-refractivity contribution in [3.8, 4) is 5.75 Å². The van der Waals surface area contributed by atoms with E-state index in [2.05, 4.69) is 4.90 Å². The summed E-state index contributed by atoms with van der Waals surface area (Å²) in [5.41, 5.74) is 0.435. The van der Waals surface area contributed by atoms with Crippen LogP contribution in [0.2, 0.25) is 5.02 Å². The summed E-state index contributed by atoms with van der Waals surface area (Å²) in [6.45, 7) is 1.76. The minimum atomic E-state index is -0.350. The third-order valence-corrected chi connectivity index (χ3v) is 4.57. The zero-order chi connectivity index (χ0) is 15.7. The molecule has 0 aliphatic carbocycles. The molecule has 5 nitrogen and oxygen atoms in total. The van der Waals surface area contributed by atoms with Crippen LogP contribution in [0.3, 0.4) is 0 Å². The van der Waals surface area contributed by atoms with E-state index in [1.54, 1.807) is 18.2 Å². The molecule has 0 bridgehead atoms. The summed E-state index contributed by atoms with van der Waals surface area (Å²) in [6.07, 6.45) is 3.59. The number of amides is 2. The monoisotopic (exact) mass is 322 g/mol. The lowest BCUT2D eigenvalue weighted by Crippen LogP contribution is -2.44. The molecule has 2 saturated heterocycles. The van der Waals surface area contributed by atoms with Crippen molar-refractivity contribution in [3.05, 3.63) is 23.2 Å². The quantitative estimate of drug-likeness (QED) is 0.802. The van der Waals surface area contributed by atoms with Crippen LogP contribution in [-0.4, -0.2) is 43.0 Å². The van der Waals surface area contributed by atoms with Gasteiger partial charge >= 0.3 is 0 Å². The van der Waals surface area contributed by atoms with Crippen molar-refractivity contribution >= 4 is 29.1 Å². The highest BCUT2D eigenvalue weighted by molar-refractivity contribution is 6.31. The number of halogens is 1. The standard InChI is InChI=1S/C16H19ClN2O3/c1-22-14-6-5-11(17)9-12(14)19-15(20)10-13(16(19)21)18-7-3-2-4-8-18/h5-6,9,13H,2-4,7-8,10H2,1H3/t13-/m1/s1. The number of hydrogen-bond acceptors (Lipinski definition) is 4. The lowest BCUT2D eigenvalue weighted by atomic mass is 10.1. The first-order valence-electron chi connectivity index (χ1n) is 7.56. The van der Waals surface area contributed by atoms with E-state index in [1.807, 2.05) is 0 Å². The Kier molecular flexibility index (Phi) is 4.36. The van der Waals surface area contributed by atoms with Gasteiger partial charge in [-0.25, -0.2) is 4.90 Å². The lowest BCUT2D eigenvalue weighted by molar-refractivity contribution is -0.123. The molecule has 6 heteroatoms. The molecule has 2 heterocycles. The highest BCUT2D eigenvalue weighted by atomic mass is 35.5. The van der Waals surface area contributed by atoms with E-state index in [0.29, 0.717) is 16.5 Å². The summed E-state index contributed by atoms with van der Waals surface area (Å²) in [7, 11) is 1.51. The van der Waals surface area contributed by atoms with Crippen molar-refractivity contribution in [2.45, 2.75) is 31.7 Å². The number of methoxy groups -OCH3 is 1. The maximum Gasteiger partial charge on any atom is 0.251 e. The van der Waals surface area contributed by atoms with Crippen LogP contribution in [0.5, 0.6) is 5.75 Å². The largest absolute Gasteiger partial charge is 0.495 e. The Hall–Kier alpha value is -1.59. The summed E-state index contributed by atoms with van der Waals surface area (Å²) >= 11 is 6.02. The molecule has 1 aromatic carbocycles. The maximum absolute atomic E-state index is 12.8. The fraction of sp³-hybridized carbons (Fsp3) is 0.500. The number of imide groups is 1. The minimum Gasteiger partial charge on any atom is -0.495 e. The van der Waals surface area contributed by atoms with Gasteiger partial charge in [-0.2, -0.15) is 0 Å². The van der Waals surface area contributed by atoms with Crippen LogP contribution in [0.4, 0.5) is 5.69 Å². The van der Waals surface area contributed by atoms with Gasteiger partial charge in [0.1, 0.15) is 5.75 Å². The van der Waals surface area contributed by atoms with Crippen LogP contribution in [0, 0.1) is 0 Å². The first-order chi connectivity index (χ1) is 10.6. The summed E-state index contributed by atoms with van der Waals surface area (Å²) in [5.74, 6) is 0.110. The normalized spacial score (nSPS) is 23.2. The first kappa shape index (κ1) is 15.3. The van der Waals surface area contributed by atoms with E-state index in [4.69, 9.17) is 16.3 Å². The number of benzene rings is 1. The maximum atomic E-state index is 12.8. The van der Waals surface area contributed by atoms with Crippen molar-refractivity contribution in [2.24, 2.45) is 0 Å². The molecule has 0 radical (unpaired) electrons. The summed E-state index contributed by atoms with van der Waals surface area (Å²) in [5, 5.41) is 0.470. The van der Waals surface area contributed by atoms with Gasteiger partial charge < -0.3 is 4.74 Å². The van der Waals surface area contributed by atoms with Gasteiger partial charge in [-0.1, -0.05) is 18.0 Å². The molecule has 2 aliphatic heterocycles. The molecule has 0 spiro atoms. The van der Waals surface area contributed by atoms with Crippen molar-refractivity contribution in [1.82, 2.24) is 4.90 Å². The molecule has 2 fully saturated rings. The highest BCUT2D eigenvalue weighted by Gasteiger charge is 2.43. The van der Waals surface area contributed by atoms with E-state index < -0.39 is 0 Å². The number of piperidine rings is 1. The molecule has 0 N–H and O–H groups in total. The highest BCUT2D eigenvalue weighted by Crippen LogP contribution is 2.35. The SMILES string of the molecule is COc1ccc(Cl)cc1N1C(=O)C[C@@H](N2CCCCC2)C1=O. The molecule has 2 aliphatic rings. The Labute approximate surface area is 134 Å².